The van der Waals surface area contributed by atoms with E-state index in [2.05, 4.69) is 15.4 Å². The van der Waals surface area contributed by atoms with Crippen molar-refractivity contribution in [1.29, 1.82) is 0 Å². The summed E-state index contributed by atoms with van der Waals surface area (Å²) >= 11 is 7.25. The minimum Gasteiger partial charge on any atom is -0.490 e. The largest absolute Gasteiger partial charge is 0.490 e. The van der Waals surface area contributed by atoms with Gasteiger partial charge in [0.1, 0.15) is 23.7 Å². The van der Waals surface area contributed by atoms with E-state index < -0.39 is 28.3 Å². The molecule has 2 amide bonds. The van der Waals surface area contributed by atoms with Crippen LogP contribution >= 0.6 is 23.4 Å². The summed E-state index contributed by atoms with van der Waals surface area (Å²) in [6, 6.07) is 8.23. The molecule has 2 aromatic carbocycles. The van der Waals surface area contributed by atoms with Crippen molar-refractivity contribution in [3.05, 3.63) is 79.6 Å². The number of aromatic nitrogens is 4. The number of thioether (sulfide) groups is 1. The van der Waals surface area contributed by atoms with Gasteiger partial charge in [-0.25, -0.2) is 13.8 Å². The number of ether oxygens (including phenoxy) is 1. The second-order valence-electron chi connectivity index (χ2n) is 8.72. The number of amides is 2. The molecular weight excluding hydrogens is 552 g/mol. The van der Waals surface area contributed by atoms with Crippen molar-refractivity contribution in [2.75, 3.05) is 6.61 Å². The van der Waals surface area contributed by atoms with Crippen molar-refractivity contribution in [2.45, 2.75) is 20.4 Å². The van der Waals surface area contributed by atoms with E-state index in [0.717, 1.165) is 23.9 Å². The Morgan fingerprint density at radius 3 is 2.56 bits per heavy atom. The molecule has 1 aliphatic rings. The molecular formula is C26H20ClF2N5O4S. The molecule has 0 atom stereocenters. The zero-order valence-corrected chi connectivity index (χ0v) is 22.4. The number of halogens is 3. The van der Waals surface area contributed by atoms with E-state index >= 15 is 0 Å². The molecule has 39 heavy (non-hydrogen) atoms. The van der Waals surface area contributed by atoms with Gasteiger partial charge in [0.05, 0.1) is 22.2 Å². The van der Waals surface area contributed by atoms with Crippen molar-refractivity contribution in [1.82, 2.24) is 24.6 Å². The van der Waals surface area contributed by atoms with Crippen LogP contribution in [0.3, 0.4) is 0 Å². The zero-order valence-electron chi connectivity index (χ0n) is 20.8. The molecule has 0 unspecified atom stereocenters. The Morgan fingerprint density at radius 1 is 1.13 bits per heavy atom. The first-order valence-corrected chi connectivity index (χ1v) is 12.8. The van der Waals surface area contributed by atoms with Crippen molar-refractivity contribution >= 4 is 51.1 Å². The number of imide groups is 1. The van der Waals surface area contributed by atoms with Gasteiger partial charge in [-0.3, -0.25) is 28.9 Å². The lowest BCUT2D eigenvalue weighted by Crippen LogP contribution is -2.27. The van der Waals surface area contributed by atoms with Crippen LogP contribution < -0.4 is 15.6 Å². The molecule has 0 bridgehead atoms. The Morgan fingerprint density at radius 2 is 1.90 bits per heavy atom. The maximum Gasteiger partial charge on any atom is 0.290 e. The van der Waals surface area contributed by atoms with E-state index in [1.807, 2.05) is 0 Å². The molecule has 5 rings (SSSR count). The van der Waals surface area contributed by atoms with E-state index in [1.165, 1.54) is 15.3 Å². The zero-order chi connectivity index (χ0) is 28.0. The van der Waals surface area contributed by atoms with Gasteiger partial charge in [0.15, 0.2) is 17.2 Å². The number of hydrogen-bond donors (Lipinski definition) is 1. The first kappa shape index (κ1) is 26.6. The number of carbonyl (C=O) groups is 2. The van der Waals surface area contributed by atoms with Crippen LogP contribution in [0, 0.1) is 18.6 Å². The van der Waals surface area contributed by atoms with Crippen LogP contribution in [0.2, 0.25) is 5.02 Å². The number of carbonyl (C=O) groups excluding carboxylic acids is 2. The van der Waals surface area contributed by atoms with Crippen molar-refractivity contribution in [3.8, 4) is 17.1 Å². The summed E-state index contributed by atoms with van der Waals surface area (Å²) in [7, 11) is 1.62. The number of nitrogens with zero attached hydrogens (tertiary/aromatic N) is 4. The first-order chi connectivity index (χ1) is 18.5. The van der Waals surface area contributed by atoms with Crippen molar-refractivity contribution < 1.29 is 23.1 Å². The van der Waals surface area contributed by atoms with E-state index in [1.54, 1.807) is 39.1 Å². The predicted molar refractivity (Wildman–Crippen MR) is 144 cm³/mol. The summed E-state index contributed by atoms with van der Waals surface area (Å²) in [5, 5.41) is 6.31. The summed E-state index contributed by atoms with van der Waals surface area (Å²) in [5.74, 6) is -2.09. The third kappa shape index (κ3) is 4.92. The summed E-state index contributed by atoms with van der Waals surface area (Å²) in [6.07, 6.45) is 0. The molecule has 9 nitrogen and oxygen atoms in total. The van der Waals surface area contributed by atoms with Crippen LogP contribution in [0.1, 0.15) is 18.2 Å². The van der Waals surface area contributed by atoms with Crippen LogP contribution in [0.25, 0.3) is 28.0 Å². The highest BCUT2D eigenvalue weighted by atomic mass is 35.5. The van der Waals surface area contributed by atoms with Gasteiger partial charge in [-0.05, 0) is 67.1 Å². The fraction of sp³-hybridized carbons (Fsp3) is 0.192. The van der Waals surface area contributed by atoms with Gasteiger partial charge >= 0.3 is 0 Å². The van der Waals surface area contributed by atoms with Gasteiger partial charge in [-0.1, -0.05) is 17.7 Å². The molecule has 13 heteroatoms. The standard InChI is InChI=1S/C26H20ClF2N5O4S/c1-12(22-24(35)31-26(37)39-22)14-5-7-19(16(27)10-14)38-9-8-34-23(15-4-6-17(28)18(29)11-15)30-20-13(2)32-33(3)21(20)25(34)36/h4-7,10-11H,8-9H2,1-3H3,(H,31,35,37)/b22-12+. The molecule has 4 aromatic rings. The number of fused-ring (bicyclic) bond motifs is 1. The topological polar surface area (TPSA) is 108 Å². The normalized spacial score (nSPS) is 14.7. The minimum absolute atomic E-state index is 0.00744. The number of aryl methyl sites for hydroxylation is 2. The molecule has 0 spiro atoms. The fourth-order valence-corrected chi connectivity index (χ4v) is 5.24. The van der Waals surface area contributed by atoms with Gasteiger partial charge < -0.3 is 4.74 Å². The predicted octanol–water partition coefficient (Wildman–Crippen LogP) is 4.83. The number of allylic oxidation sites excluding steroid dienone is 1. The Bertz CT molecular complexity index is 1780. The van der Waals surface area contributed by atoms with Crippen molar-refractivity contribution in [2.24, 2.45) is 7.05 Å². The number of hydrogen-bond acceptors (Lipinski definition) is 7. The third-order valence-corrected chi connectivity index (χ3v) is 7.46. The molecule has 1 aliphatic heterocycles. The lowest BCUT2D eigenvalue weighted by Gasteiger charge is -2.15. The molecule has 2 aromatic heterocycles. The van der Waals surface area contributed by atoms with E-state index in [4.69, 9.17) is 16.3 Å². The van der Waals surface area contributed by atoms with Crippen LogP contribution in [0.15, 0.2) is 46.1 Å². The minimum atomic E-state index is -1.07. The maximum absolute atomic E-state index is 14.1. The molecule has 0 saturated carbocycles. The highest BCUT2D eigenvalue weighted by Crippen LogP contribution is 2.34. The summed E-state index contributed by atoms with van der Waals surface area (Å²) < 4.78 is 36.2. The van der Waals surface area contributed by atoms with Gasteiger partial charge in [0, 0.05) is 12.6 Å². The summed E-state index contributed by atoms with van der Waals surface area (Å²) in [6.45, 7) is 3.42. The van der Waals surface area contributed by atoms with Crippen LogP contribution in [-0.2, 0) is 18.4 Å². The fourth-order valence-electron chi connectivity index (χ4n) is 4.26. The molecule has 1 saturated heterocycles. The Labute approximate surface area is 229 Å². The highest BCUT2D eigenvalue weighted by molar-refractivity contribution is 8.18. The van der Waals surface area contributed by atoms with Gasteiger partial charge in [0.25, 0.3) is 16.7 Å². The van der Waals surface area contributed by atoms with E-state index in [0.29, 0.717) is 33.0 Å². The van der Waals surface area contributed by atoms with E-state index in [-0.39, 0.29) is 35.1 Å². The van der Waals surface area contributed by atoms with Crippen LogP contribution in [-0.4, -0.2) is 37.1 Å². The maximum atomic E-state index is 14.1. The van der Waals surface area contributed by atoms with Crippen LogP contribution in [0.4, 0.5) is 13.6 Å². The molecule has 200 valence electrons. The molecule has 0 radical (unpaired) electrons. The highest BCUT2D eigenvalue weighted by Gasteiger charge is 2.27. The molecule has 0 aliphatic carbocycles. The second kappa shape index (κ2) is 10.3. The quantitative estimate of drug-likeness (QED) is 0.330. The average molecular weight is 572 g/mol. The SMILES string of the molecule is C/C(=C1\SC(=O)NC1=O)c1ccc(OCCn2c(-c3ccc(F)c(F)c3)nc3c(C)nn(C)c3c2=O)c(Cl)c1. The number of rotatable bonds is 6. The number of nitrogens with one attached hydrogen (secondary N) is 1. The van der Waals surface area contributed by atoms with Crippen LogP contribution in [0.5, 0.6) is 5.75 Å². The monoisotopic (exact) mass is 571 g/mol. The summed E-state index contributed by atoms with van der Waals surface area (Å²) in [4.78, 5) is 41.8. The average Bonchev–Trinajstić information content (AvgIpc) is 3.38. The Hall–Kier alpha value is -4.03. The van der Waals surface area contributed by atoms with Crippen molar-refractivity contribution in [3.63, 3.8) is 0 Å². The molecule has 1 fully saturated rings. The third-order valence-electron chi connectivity index (χ3n) is 6.18. The number of benzene rings is 2. The first-order valence-electron chi connectivity index (χ1n) is 11.6. The summed E-state index contributed by atoms with van der Waals surface area (Å²) in [5.41, 5.74) is 2.16. The smallest absolute Gasteiger partial charge is 0.290 e. The second-order valence-corrected chi connectivity index (χ2v) is 10.1. The molecule has 1 N–H and O–H groups in total. The van der Waals surface area contributed by atoms with Gasteiger partial charge in [-0.2, -0.15) is 5.10 Å². The molecule has 3 heterocycles. The Balaban J connectivity index is 1.44. The lowest BCUT2D eigenvalue weighted by molar-refractivity contribution is -0.115. The lowest BCUT2D eigenvalue weighted by atomic mass is 10.1. The van der Waals surface area contributed by atoms with E-state index in [9.17, 15) is 23.2 Å². The Kier molecular flexibility index (Phi) is 7.00. The van der Waals surface area contributed by atoms with Gasteiger partial charge in [-0.15, -0.1) is 0 Å². The van der Waals surface area contributed by atoms with Gasteiger partial charge in [0.2, 0.25) is 0 Å².